The molecule has 0 saturated carbocycles. The van der Waals surface area contributed by atoms with Gasteiger partial charge in [0.1, 0.15) is 5.78 Å². The molecule has 0 aromatic carbocycles. The van der Waals surface area contributed by atoms with Crippen LogP contribution < -0.4 is 0 Å². The number of hydrogen-bond acceptors (Lipinski definition) is 4. The van der Waals surface area contributed by atoms with Crippen molar-refractivity contribution in [3.8, 4) is 0 Å². The first kappa shape index (κ1) is 18.5. The van der Waals surface area contributed by atoms with Crippen LogP contribution in [0.25, 0.3) is 0 Å². The van der Waals surface area contributed by atoms with E-state index >= 15 is 0 Å². The van der Waals surface area contributed by atoms with Crippen molar-refractivity contribution in [3.63, 3.8) is 0 Å². The van der Waals surface area contributed by atoms with Gasteiger partial charge in [-0.2, -0.15) is 8.42 Å². The predicted molar refractivity (Wildman–Crippen MR) is 74.4 cm³/mol. The van der Waals surface area contributed by atoms with Crippen LogP contribution in [0.1, 0.15) is 71.1 Å². The van der Waals surface area contributed by atoms with Crippen molar-refractivity contribution in [2.75, 3.05) is 0 Å². The number of Topliss-reactive ketones (excluding diaryl/α,β-unsaturated/α-hetero) is 1. The summed E-state index contributed by atoms with van der Waals surface area (Å²) in [5.41, 5.74) is -1.98. The van der Waals surface area contributed by atoms with Crippen LogP contribution in [0.3, 0.4) is 0 Å². The van der Waals surface area contributed by atoms with Gasteiger partial charge in [-0.05, 0) is 6.42 Å². The number of aliphatic hydroxyl groups is 1. The van der Waals surface area contributed by atoms with Crippen LogP contribution >= 0.6 is 0 Å². The molecule has 114 valence electrons. The fourth-order valence-electron chi connectivity index (χ4n) is 1.86. The molecule has 0 amide bonds. The molecular formula is C13H26O5S. The summed E-state index contributed by atoms with van der Waals surface area (Å²) in [6.45, 7) is 2.17. The number of aliphatic hydroxyl groups excluding tert-OH is 1. The molecular weight excluding hydrogens is 268 g/mol. The highest BCUT2D eigenvalue weighted by Crippen LogP contribution is 2.11. The predicted octanol–water partition coefficient (Wildman–Crippen LogP) is 2.68. The minimum Gasteiger partial charge on any atom is -0.375 e. The van der Waals surface area contributed by atoms with Gasteiger partial charge < -0.3 is 5.11 Å². The van der Waals surface area contributed by atoms with E-state index in [9.17, 15) is 13.2 Å². The van der Waals surface area contributed by atoms with Gasteiger partial charge in [0.25, 0.3) is 10.1 Å². The average Bonchev–Trinajstić information content (AvgIpc) is 2.31. The van der Waals surface area contributed by atoms with E-state index in [0.717, 1.165) is 12.8 Å². The number of hydrogen-bond donors (Lipinski definition) is 2. The van der Waals surface area contributed by atoms with Crippen LogP contribution in [-0.4, -0.2) is 29.3 Å². The molecule has 0 aliphatic carbocycles. The molecule has 0 radical (unpaired) electrons. The van der Waals surface area contributed by atoms with Crippen molar-refractivity contribution in [2.24, 2.45) is 0 Å². The van der Waals surface area contributed by atoms with E-state index in [0.29, 0.717) is 6.42 Å². The maximum absolute atomic E-state index is 11.3. The lowest BCUT2D eigenvalue weighted by Crippen LogP contribution is -2.23. The third kappa shape index (κ3) is 11.1. The van der Waals surface area contributed by atoms with Crippen molar-refractivity contribution in [1.82, 2.24) is 0 Å². The number of carbonyl (C=O) groups excluding carboxylic acids is 1. The van der Waals surface area contributed by atoms with Gasteiger partial charge in [-0.15, -0.1) is 0 Å². The van der Waals surface area contributed by atoms with Crippen molar-refractivity contribution in [2.45, 2.75) is 76.6 Å². The molecule has 0 heterocycles. The molecule has 0 bridgehead atoms. The van der Waals surface area contributed by atoms with Gasteiger partial charge in [-0.1, -0.05) is 51.9 Å². The van der Waals surface area contributed by atoms with E-state index < -0.39 is 22.0 Å². The SMILES string of the molecule is CCCCCCCCCCC(=O)CC(O)S(=O)(=O)O. The third-order valence-corrected chi connectivity index (χ3v) is 3.91. The van der Waals surface area contributed by atoms with Gasteiger partial charge in [0.05, 0.1) is 0 Å². The van der Waals surface area contributed by atoms with E-state index in [1.54, 1.807) is 0 Å². The van der Waals surface area contributed by atoms with E-state index in [-0.39, 0.29) is 12.2 Å². The molecule has 0 saturated heterocycles. The highest BCUT2D eigenvalue weighted by atomic mass is 32.2. The first-order valence-corrected chi connectivity index (χ1v) is 8.54. The largest absolute Gasteiger partial charge is 0.375 e. The second-order valence-corrected chi connectivity index (χ2v) is 6.51. The van der Waals surface area contributed by atoms with Crippen molar-refractivity contribution >= 4 is 15.9 Å². The molecule has 0 aliphatic rings. The first-order chi connectivity index (χ1) is 8.88. The van der Waals surface area contributed by atoms with Gasteiger partial charge >= 0.3 is 0 Å². The van der Waals surface area contributed by atoms with Crippen molar-refractivity contribution in [1.29, 1.82) is 0 Å². The Morgan fingerprint density at radius 1 is 1.00 bits per heavy atom. The molecule has 1 unspecified atom stereocenters. The van der Waals surface area contributed by atoms with E-state index in [2.05, 4.69) is 6.92 Å². The Morgan fingerprint density at radius 3 is 1.95 bits per heavy atom. The van der Waals surface area contributed by atoms with Crippen LogP contribution in [0.2, 0.25) is 0 Å². The lowest BCUT2D eigenvalue weighted by atomic mass is 10.1. The number of unbranched alkanes of at least 4 members (excludes halogenated alkanes) is 7. The van der Waals surface area contributed by atoms with E-state index in [4.69, 9.17) is 9.66 Å². The van der Waals surface area contributed by atoms with Gasteiger partial charge in [0.15, 0.2) is 5.44 Å². The Bertz CT molecular complexity index is 337. The smallest absolute Gasteiger partial charge is 0.292 e. The van der Waals surface area contributed by atoms with Gasteiger partial charge in [0, 0.05) is 12.8 Å². The second kappa shape index (κ2) is 10.3. The third-order valence-electron chi connectivity index (χ3n) is 3.06. The molecule has 0 aromatic rings. The Balaban J connectivity index is 3.49. The van der Waals surface area contributed by atoms with Gasteiger partial charge in [-0.3, -0.25) is 9.35 Å². The zero-order chi connectivity index (χ0) is 14.7. The molecule has 0 rings (SSSR count). The van der Waals surface area contributed by atoms with Crippen LogP contribution in [0.15, 0.2) is 0 Å². The second-order valence-electron chi connectivity index (χ2n) is 4.94. The zero-order valence-corrected chi connectivity index (χ0v) is 12.5. The average molecular weight is 294 g/mol. The Hall–Kier alpha value is -0.460. The molecule has 2 N–H and O–H groups in total. The molecule has 19 heavy (non-hydrogen) atoms. The maximum atomic E-state index is 11.3. The summed E-state index contributed by atoms with van der Waals surface area (Å²) in [5, 5.41) is 9.02. The fraction of sp³-hybridized carbons (Fsp3) is 0.923. The minimum absolute atomic E-state index is 0.265. The molecule has 6 heteroatoms. The molecule has 0 aliphatic heterocycles. The minimum atomic E-state index is -4.51. The summed E-state index contributed by atoms with van der Waals surface area (Å²) in [6, 6.07) is 0. The summed E-state index contributed by atoms with van der Waals surface area (Å²) >= 11 is 0. The highest BCUT2D eigenvalue weighted by Gasteiger charge is 2.22. The Labute approximate surface area is 116 Å². The topological polar surface area (TPSA) is 91.7 Å². The lowest BCUT2D eigenvalue weighted by molar-refractivity contribution is -0.120. The number of carbonyl (C=O) groups is 1. The lowest BCUT2D eigenvalue weighted by Gasteiger charge is -2.06. The first-order valence-electron chi connectivity index (χ1n) is 7.04. The summed E-state index contributed by atoms with van der Waals surface area (Å²) in [4.78, 5) is 11.3. The van der Waals surface area contributed by atoms with Crippen LogP contribution in [-0.2, 0) is 14.9 Å². The number of rotatable bonds is 12. The van der Waals surface area contributed by atoms with Crippen LogP contribution in [0, 0.1) is 0 Å². The fourth-order valence-corrected chi connectivity index (χ4v) is 2.25. The van der Waals surface area contributed by atoms with Gasteiger partial charge in [-0.25, -0.2) is 0 Å². The summed E-state index contributed by atoms with van der Waals surface area (Å²) in [6.07, 6.45) is 8.64. The molecule has 5 nitrogen and oxygen atoms in total. The monoisotopic (exact) mass is 294 g/mol. The Morgan fingerprint density at radius 2 is 1.47 bits per heavy atom. The van der Waals surface area contributed by atoms with E-state index in [1.807, 2.05) is 0 Å². The molecule has 0 spiro atoms. The van der Waals surface area contributed by atoms with Crippen LogP contribution in [0.5, 0.6) is 0 Å². The molecule has 1 atom stereocenters. The normalized spacial score (nSPS) is 13.4. The Kier molecular flexibility index (Phi) is 10.1. The number of ketones is 1. The van der Waals surface area contributed by atoms with Crippen LogP contribution in [0.4, 0.5) is 0 Å². The summed E-state index contributed by atoms with van der Waals surface area (Å²) in [7, 11) is -4.51. The standard InChI is InChI=1S/C13H26O5S/c1-2-3-4-5-6-7-8-9-10-12(14)11-13(15)19(16,17)18/h13,15H,2-11H2,1H3,(H,16,17,18). The van der Waals surface area contributed by atoms with E-state index in [1.165, 1.54) is 32.1 Å². The zero-order valence-electron chi connectivity index (χ0n) is 11.7. The summed E-state index contributed by atoms with van der Waals surface area (Å²) in [5.74, 6) is -0.323. The molecule has 0 aromatic heterocycles. The summed E-state index contributed by atoms with van der Waals surface area (Å²) < 4.78 is 29.6. The molecule has 0 fully saturated rings. The van der Waals surface area contributed by atoms with Gasteiger partial charge in [0.2, 0.25) is 0 Å². The quantitative estimate of drug-likeness (QED) is 0.426. The maximum Gasteiger partial charge on any atom is 0.292 e. The highest BCUT2D eigenvalue weighted by molar-refractivity contribution is 7.86. The van der Waals surface area contributed by atoms with Crippen molar-refractivity contribution in [3.05, 3.63) is 0 Å². The van der Waals surface area contributed by atoms with Crippen molar-refractivity contribution < 1.29 is 22.9 Å².